The molecule has 0 saturated carbocycles. The maximum Gasteiger partial charge on any atom is 0.254 e. The number of nitrogens with zero attached hydrogens (tertiary/aromatic N) is 3. The molecule has 6 heteroatoms. The summed E-state index contributed by atoms with van der Waals surface area (Å²) >= 11 is 0. The van der Waals surface area contributed by atoms with Gasteiger partial charge in [-0.25, -0.2) is 4.68 Å². The van der Waals surface area contributed by atoms with Crippen molar-refractivity contribution in [3.05, 3.63) is 11.3 Å². The summed E-state index contributed by atoms with van der Waals surface area (Å²) in [5.41, 5.74) is 7.08. The molecule has 1 aromatic rings. The molecule has 0 bridgehead atoms. The van der Waals surface area contributed by atoms with Gasteiger partial charge in [0.1, 0.15) is 11.4 Å². The molecule has 1 amide bonds. The number of likely N-dealkylation sites (tertiary alicyclic amines) is 1. The number of hydrogen-bond acceptors (Lipinski definition) is 4. The number of piperidine rings is 1. The maximum atomic E-state index is 12.0. The van der Waals surface area contributed by atoms with E-state index in [1.165, 1.54) is 12.8 Å². The molecule has 1 aromatic heterocycles. The molecule has 134 valence electrons. The molecule has 0 aliphatic carbocycles. The molecule has 1 atom stereocenters. The summed E-state index contributed by atoms with van der Waals surface area (Å²) in [7, 11) is 0. The van der Waals surface area contributed by atoms with Gasteiger partial charge in [0.05, 0.1) is 11.7 Å². The fourth-order valence-electron chi connectivity index (χ4n) is 4.23. The molecular formula is C18H31N5O. The first-order valence-corrected chi connectivity index (χ1v) is 9.30. The average molecular weight is 333 g/mol. The minimum Gasteiger partial charge on any atom is -0.370 e. The Hall–Kier alpha value is -1.56. The lowest BCUT2D eigenvalue weighted by Crippen LogP contribution is -2.41. The van der Waals surface area contributed by atoms with E-state index >= 15 is 0 Å². The van der Waals surface area contributed by atoms with Crippen LogP contribution >= 0.6 is 0 Å². The zero-order chi connectivity index (χ0) is 17.4. The Bertz CT molecular complexity index is 599. The van der Waals surface area contributed by atoms with Gasteiger partial charge in [0.15, 0.2) is 0 Å². The standard InChI is InChI=1S/C18H31N5O/c1-11(2)16-15(17(19)24)18-20-8-5-14(23(18)21-16)13-6-9-22(10-7-13)12(3)4/h11-14,20H,5-10H2,1-4H3,(H2,19,24). The second-order valence-corrected chi connectivity index (χ2v) is 7.82. The van der Waals surface area contributed by atoms with Crippen molar-refractivity contribution in [1.82, 2.24) is 14.7 Å². The van der Waals surface area contributed by atoms with Crippen LogP contribution in [0.4, 0.5) is 5.82 Å². The van der Waals surface area contributed by atoms with Crippen LogP contribution in [0.3, 0.4) is 0 Å². The van der Waals surface area contributed by atoms with Gasteiger partial charge < -0.3 is 16.0 Å². The predicted octanol–water partition coefficient (Wildman–Crippen LogP) is 2.58. The molecule has 3 N–H and O–H groups in total. The monoisotopic (exact) mass is 333 g/mol. The Morgan fingerprint density at radius 2 is 1.88 bits per heavy atom. The minimum atomic E-state index is -0.372. The van der Waals surface area contributed by atoms with Gasteiger partial charge >= 0.3 is 0 Å². The number of nitrogens with one attached hydrogen (secondary N) is 1. The molecular weight excluding hydrogens is 302 g/mol. The molecule has 0 radical (unpaired) electrons. The number of primary amides is 1. The highest BCUT2D eigenvalue weighted by atomic mass is 16.1. The maximum absolute atomic E-state index is 12.0. The van der Waals surface area contributed by atoms with Gasteiger partial charge in [-0.05, 0) is 58.0 Å². The summed E-state index contributed by atoms with van der Waals surface area (Å²) in [6.45, 7) is 11.9. The minimum absolute atomic E-state index is 0.191. The Morgan fingerprint density at radius 1 is 1.21 bits per heavy atom. The predicted molar refractivity (Wildman–Crippen MR) is 96.4 cm³/mol. The SMILES string of the molecule is CC(C)c1nn2c(c1C(N)=O)NCCC2C1CCN(C(C)C)CC1. The third kappa shape index (κ3) is 3.04. The van der Waals surface area contributed by atoms with E-state index in [1.807, 2.05) is 0 Å². The van der Waals surface area contributed by atoms with E-state index < -0.39 is 0 Å². The lowest BCUT2D eigenvalue weighted by atomic mass is 9.86. The Labute approximate surface area is 144 Å². The third-order valence-corrected chi connectivity index (χ3v) is 5.63. The van der Waals surface area contributed by atoms with Crippen LogP contribution in [0.15, 0.2) is 0 Å². The lowest BCUT2D eigenvalue weighted by molar-refractivity contribution is 0.0998. The Kier molecular flexibility index (Phi) is 4.85. The van der Waals surface area contributed by atoms with Crippen LogP contribution in [0, 0.1) is 5.92 Å². The first kappa shape index (κ1) is 17.3. The first-order valence-electron chi connectivity index (χ1n) is 9.30. The molecule has 0 aromatic carbocycles. The van der Waals surface area contributed by atoms with Gasteiger partial charge in [0.25, 0.3) is 5.91 Å². The molecule has 24 heavy (non-hydrogen) atoms. The number of hydrogen-bond donors (Lipinski definition) is 2. The van der Waals surface area contributed by atoms with Crippen molar-refractivity contribution in [2.45, 2.75) is 65.0 Å². The topological polar surface area (TPSA) is 76.2 Å². The number of nitrogens with two attached hydrogens (primary N) is 1. The molecule has 0 spiro atoms. The molecule has 3 rings (SSSR count). The molecule has 2 aliphatic heterocycles. The molecule has 1 saturated heterocycles. The van der Waals surface area contributed by atoms with Gasteiger partial charge in [0, 0.05) is 12.6 Å². The number of rotatable bonds is 4. The van der Waals surface area contributed by atoms with Crippen LogP contribution in [0.1, 0.15) is 75.0 Å². The zero-order valence-electron chi connectivity index (χ0n) is 15.4. The van der Waals surface area contributed by atoms with E-state index in [1.54, 1.807) is 0 Å². The van der Waals surface area contributed by atoms with E-state index in [4.69, 9.17) is 10.8 Å². The van der Waals surface area contributed by atoms with Gasteiger partial charge in [-0.1, -0.05) is 13.8 Å². The number of fused-ring (bicyclic) bond motifs is 1. The number of carbonyl (C=O) groups excluding carboxylic acids is 1. The third-order valence-electron chi connectivity index (χ3n) is 5.63. The summed E-state index contributed by atoms with van der Waals surface area (Å²) < 4.78 is 2.08. The fraction of sp³-hybridized carbons (Fsp3) is 0.778. The molecule has 1 unspecified atom stereocenters. The van der Waals surface area contributed by atoms with E-state index in [-0.39, 0.29) is 11.8 Å². The van der Waals surface area contributed by atoms with Crippen molar-refractivity contribution in [2.75, 3.05) is 25.0 Å². The zero-order valence-corrected chi connectivity index (χ0v) is 15.4. The van der Waals surface area contributed by atoms with Crippen LogP contribution in [0.5, 0.6) is 0 Å². The van der Waals surface area contributed by atoms with Crippen molar-refractivity contribution in [3.63, 3.8) is 0 Å². The largest absolute Gasteiger partial charge is 0.370 e. The first-order chi connectivity index (χ1) is 11.4. The van der Waals surface area contributed by atoms with Crippen molar-refractivity contribution < 1.29 is 4.79 Å². The molecule has 1 fully saturated rings. The number of aromatic nitrogens is 2. The van der Waals surface area contributed by atoms with E-state index in [0.717, 1.165) is 37.6 Å². The van der Waals surface area contributed by atoms with Crippen molar-refractivity contribution in [3.8, 4) is 0 Å². The second-order valence-electron chi connectivity index (χ2n) is 7.82. The van der Waals surface area contributed by atoms with Crippen molar-refractivity contribution >= 4 is 11.7 Å². The second kappa shape index (κ2) is 6.75. The fourth-order valence-corrected chi connectivity index (χ4v) is 4.23. The van der Waals surface area contributed by atoms with E-state index in [0.29, 0.717) is 23.6 Å². The van der Waals surface area contributed by atoms with Crippen LogP contribution < -0.4 is 11.1 Å². The van der Waals surface area contributed by atoms with Crippen molar-refractivity contribution in [1.29, 1.82) is 0 Å². The van der Waals surface area contributed by atoms with Crippen LogP contribution in [0.2, 0.25) is 0 Å². The number of anilines is 1. The summed E-state index contributed by atoms with van der Waals surface area (Å²) in [5, 5.41) is 8.20. The average Bonchev–Trinajstić information content (AvgIpc) is 2.94. The van der Waals surface area contributed by atoms with E-state index in [9.17, 15) is 4.79 Å². The molecule has 3 heterocycles. The Balaban J connectivity index is 1.87. The molecule has 6 nitrogen and oxygen atoms in total. The highest BCUT2D eigenvalue weighted by molar-refractivity contribution is 5.99. The van der Waals surface area contributed by atoms with Gasteiger partial charge in [-0.3, -0.25) is 4.79 Å². The van der Waals surface area contributed by atoms with Crippen molar-refractivity contribution in [2.24, 2.45) is 11.7 Å². The highest BCUT2D eigenvalue weighted by Crippen LogP contribution is 2.38. The summed E-state index contributed by atoms with van der Waals surface area (Å²) in [5.74, 6) is 1.29. The smallest absolute Gasteiger partial charge is 0.254 e. The van der Waals surface area contributed by atoms with Crippen LogP contribution in [-0.4, -0.2) is 46.3 Å². The lowest BCUT2D eigenvalue weighted by Gasteiger charge is -2.39. The number of carbonyl (C=O) groups is 1. The summed E-state index contributed by atoms with van der Waals surface area (Å²) in [4.78, 5) is 14.5. The van der Waals surface area contributed by atoms with Gasteiger partial charge in [0.2, 0.25) is 0 Å². The Morgan fingerprint density at radius 3 is 2.42 bits per heavy atom. The quantitative estimate of drug-likeness (QED) is 0.888. The molecule has 2 aliphatic rings. The highest BCUT2D eigenvalue weighted by Gasteiger charge is 2.35. The van der Waals surface area contributed by atoms with Crippen LogP contribution in [-0.2, 0) is 0 Å². The summed E-state index contributed by atoms with van der Waals surface area (Å²) in [6.07, 6.45) is 3.47. The van der Waals surface area contributed by atoms with E-state index in [2.05, 4.69) is 42.6 Å². The van der Waals surface area contributed by atoms with Crippen LogP contribution in [0.25, 0.3) is 0 Å². The summed E-state index contributed by atoms with van der Waals surface area (Å²) in [6, 6.07) is 0.995. The number of amides is 1. The normalized spacial score (nSPS) is 22.7. The van der Waals surface area contributed by atoms with Gasteiger partial charge in [-0.2, -0.15) is 5.10 Å². The van der Waals surface area contributed by atoms with Gasteiger partial charge in [-0.15, -0.1) is 0 Å².